The van der Waals surface area contributed by atoms with Gasteiger partial charge in [-0.1, -0.05) is 31.4 Å². The van der Waals surface area contributed by atoms with E-state index in [9.17, 15) is 0 Å². The van der Waals surface area contributed by atoms with E-state index in [4.69, 9.17) is 5.73 Å². The van der Waals surface area contributed by atoms with Crippen LogP contribution in [0, 0.1) is 0 Å². The summed E-state index contributed by atoms with van der Waals surface area (Å²) in [5, 5.41) is 0.933. The number of hydrogen-bond donors (Lipinski definition) is 1. The Bertz CT molecular complexity index is 301. The topological polar surface area (TPSA) is 26.0 Å². The molecule has 88 valence electrons. The molecule has 0 bridgehead atoms. The van der Waals surface area contributed by atoms with Crippen molar-refractivity contribution in [1.82, 2.24) is 0 Å². The van der Waals surface area contributed by atoms with Gasteiger partial charge in [-0.15, -0.1) is 0 Å². The first-order valence-corrected chi connectivity index (χ1v) is 7.35. The molecule has 0 amide bonds. The Morgan fingerprint density at radius 2 is 1.75 bits per heavy atom. The molecule has 0 radical (unpaired) electrons. The molecule has 2 rings (SSSR count). The van der Waals surface area contributed by atoms with Gasteiger partial charge in [-0.2, -0.15) is 11.8 Å². The van der Waals surface area contributed by atoms with Crippen molar-refractivity contribution in [1.29, 1.82) is 0 Å². The summed E-state index contributed by atoms with van der Waals surface area (Å²) in [6.07, 6.45) is 8.40. The van der Waals surface area contributed by atoms with E-state index in [-0.39, 0.29) is 0 Å². The predicted octanol–water partition coefficient (Wildman–Crippen LogP) is 3.88. The number of rotatable bonds is 4. The zero-order valence-corrected chi connectivity index (χ0v) is 10.6. The molecule has 1 aliphatic rings. The van der Waals surface area contributed by atoms with Crippen molar-refractivity contribution in [2.45, 2.75) is 43.8 Å². The van der Waals surface area contributed by atoms with Crippen LogP contribution in [0.3, 0.4) is 0 Å². The van der Waals surface area contributed by atoms with Crippen molar-refractivity contribution in [2.24, 2.45) is 0 Å². The molecule has 1 saturated carbocycles. The van der Waals surface area contributed by atoms with Crippen LogP contribution in [-0.2, 0) is 6.42 Å². The highest BCUT2D eigenvalue weighted by Crippen LogP contribution is 2.28. The highest BCUT2D eigenvalue weighted by Gasteiger charge is 2.12. The minimum atomic E-state index is 0.865. The Balaban J connectivity index is 1.69. The van der Waals surface area contributed by atoms with E-state index < -0.39 is 0 Å². The molecule has 1 aromatic carbocycles. The molecule has 0 heterocycles. The molecule has 1 fully saturated rings. The van der Waals surface area contributed by atoms with Crippen LogP contribution in [-0.4, -0.2) is 11.0 Å². The highest BCUT2D eigenvalue weighted by atomic mass is 32.2. The van der Waals surface area contributed by atoms with Crippen LogP contribution in [0.4, 0.5) is 5.69 Å². The third-order valence-electron chi connectivity index (χ3n) is 3.28. The summed E-state index contributed by atoms with van der Waals surface area (Å²) in [5.41, 5.74) is 7.95. The van der Waals surface area contributed by atoms with Gasteiger partial charge in [0.2, 0.25) is 0 Å². The molecule has 2 heteroatoms. The number of benzene rings is 1. The van der Waals surface area contributed by atoms with E-state index in [2.05, 4.69) is 23.9 Å². The van der Waals surface area contributed by atoms with Crippen molar-refractivity contribution in [3.8, 4) is 0 Å². The number of thioether (sulfide) groups is 1. The van der Waals surface area contributed by atoms with Gasteiger partial charge in [-0.05, 0) is 42.7 Å². The van der Waals surface area contributed by atoms with Gasteiger partial charge in [0.25, 0.3) is 0 Å². The van der Waals surface area contributed by atoms with Gasteiger partial charge >= 0.3 is 0 Å². The van der Waals surface area contributed by atoms with Crippen LogP contribution in [0.15, 0.2) is 24.3 Å². The number of nitrogen functional groups attached to an aromatic ring is 1. The first-order valence-electron chi connectivity index (χ1n) is 6.30. The molecular formula is C14H21NS. The Kier molecular flexibility index (Phi) is 4.58. The van der Waals surface area contributed by atoms with Gasteiger partial charge in [0, 0.05) is 10.9 Å². The van der Waals surface area contributed by atoms with Crippen LogP contribution < -0.4 is 5.73 Å². The lowest BCUT2D eigenvalue weighted by Gasteiger charge is -2.20. The first-order chi connectivity index (χ1) is 7.84. The average Bonchev–Trinajstić information content (AvgIpc) is 2.33. The fourth-order valence-corrected chi connectivity index (χ4v) is 3.61. The Morgan fingerprint density at radius 1 is 1.06 bits per heavy atom. The summed E-state index contributed by atoms with van der Waals surface area (Å²) in [5.74, 6) is 1.26. The van der Waals surface area contributed by atoms with Crippen LogP contribution in [0.25, 0.3) is 0 Å². The predicted molar refractivity (Wildman–Crippen MR) is 73.9 cm³/mol. The lowest BCUT2D eigenvalue weighted by molar-refractivity contribution is 0.516. The van der Waals surface area contributed by atoms with Crippen molar-refractivity contribution < 1.29 is 0 Å². The van der Waals surface area contributed by atoms with E-state index in [1.165, 1.54) is 49.8 Å². The number of aryl methyl sites for hydroxylation is 1. The number of hydrogen-bond acceptors (Lipinski definition) is 2. The third-order valence-corrected chi connectivity index (χ3v) is 4.66. The lowest BCUT2D eigenvalue weighted by atomic mass is 10.0. The molecule has 0 aliphatic heterocycles. The second-order valence-electron chi connectivity index (χ2n) is 4.62. The Hall–Kier alpha value is -0.630. The summed E-state index contributed by atoms with van der Waals surface area (Å²) in [4.78, 5) is 0. The smallest absolute Gasteiger partial charge is 0.0314 e. The van der Waals surface area contributed by atoms with Gasteiger partial charge < -0.3 is 5.73 Å². The minimum Gasteiger partial charge on any atom is -0.399 e. The molecule has 1 nitrogen and oxygen atoms in total. The largest absolute Gasteiger partial charge is 0.399 e. The second-order valence-corrected chi connectivity index (χ2v) is 6.03. The van der Waals surface area contributed by atoms with E-state index in [1.807, 2.05) is 12.1 Å². The van der Waals surface area contributed by atoms with E-state index in [1.54, 1.807) is 0 Å². The normalized spacial score (nSPS) is 17.5. The molecule has 0 unspecified atom stereocenters. The Morgan fingerprint density at radius 3 is 2.44 bits per heavy atom. The fraction of sp³-hybridized carbons (Fsp3) is 0.571. The van der Waals surface area contributed by atoms with Crippen molar-refractivity contribution in [2.75, 3.05) is 11.5 Å². The zero-order valence-electron chi connectivity index (χ0n) is 9.82. The van der Waals surface area contributed by atoms with Crippen LogP contribution in [0.2, 0.25) is 0 Å². The first kappa shape index (κ1) is 11.8. The van der Waals surface area contributed by atoms with Crippen molar-refractivity contribution >= 4 is 17.4 Å². The van der Waals surface area contributed by atoms with E-state index in [0.29, 0.717) is 0 Å². The molecule has 0 spiro atoms. The maximum absolute atomic E-state index is 5.67. The summed E-state index contributed by atoms with van der Waals surface area (Å²) >= 11 is 2.17. The molecule has 1 aliphatic carbocycles. The summed E-state index contributed by atoms with van der Waals surface area (Å²) in [6.45, 7) is 0. The quantitative estimate of drug-likeness (QED) is 0.802. The van der Waals surface area contributed by atoms with Crippen LogP contribution in [0.1, 0.15) is 37.7 Å². The van der Waals surface area contributed by atoms with Gasteiger partial charge in [0.1, 0.15) is 0 Å². The van der Waals surface area contributed by atoms with Crippen molar-refractivity contribution in [3.05, 3.63) is 29.8 Å². The summed E-state index contributed by atoms with van der Waals surface area (Å²) in [7, 11) is 0. The van der Waals surface area contributed by atoms with Crippen LogP contribution in [0.5, 0.6) is 0 Å². The SMILES string of the molecule is Nc1ccc(CCSC2CCCCC2)cc1. The zero-order chi connectivity index (χ0) is 11.2. The monoisotopic (exact) mass is 235 g/mol. The lowest BCUT2D eigenvalue weighted by Crippen LogP contribution is -2.09. The molecule has 0 saturated heterocycles. The molecular weight excluding hydrogens is 214 g/mol. The van der Waals surface area contributed by atoms with E-state index in [0.717, 1.165) is 10.9 Å². The van der Waals surface area contributed by atoms with E-state index >= 15 is 0 Å². The number of anilines is 1. The van der Waals surface area contributed by atoms with Gasteiger partial charge in [-0.3, -0.25) is 0 Å². The summed E-state index contributed by atoms with van der Waals surface area (Å²) < 4.78 is 0. The van der Waals surface area contributed by atoms with Crippen molar-refractivity contribution in [3.63, 3.8) is 0 Å². The van der Waals surface area contributed by atoms with Crippen LogP contribution >= 0.6 is 11.8 Å². The fourth-order valence-electron chi connectivity index (χ4n) is 2.26. The molecule has 0 atom stereocenters. The number of nitrogens with two attached hydrogens (primary N) is 1. The standard InChI is InChI=1S/C14H21NS/c15-13-8-6-12(7-9-13)10-11-16-14-4-2-1-3-5-14/h6-9,14H,1-5,10-11,15H2. The molecule has 0 aromatic heterocycles. The summed E-state index contributed by atoms with van der Waals surface area (Å²) in [6, 6.07) is 8.30. The maximum atomic E-state index is 5.67. The third kappa shape index (κ3) is 3.75. The molecule has 1 aromatic rings. The van der Waals surface area contributed by atoms with Gasteiger partial charge in [0.05, 0.1) is 0 Å². The minimum absolute atomic E-state index is 0.865. The molecule has 16 heavy (non-hydrogen) atoms. The average molecular weight is 235 g/mol. The highest BCUT2D eigenvalue weighted by molar-refractivity contribution is 7.99. The molecule has 2 N–H and O–H groups in total. The maximum Gasteiger partial charge on any atom is 0.0314 e. The van der Waals surface area contributed by atoms with Gasteiger partial charge in [0.15, 0.2) is 0 Å². The Labute approximate surface area is 103 Å². The van der Waals surface area contributed by atoms with Gasteiger partial charge in [-0.25, -0.2) is 0 Å². The second kappa shape index (κ2) is 6.19.